The van der Waals surface area contributed by atoms with Crippen LogP contribution in [0.1, 0.15) is 17.3 Å². The van der Waals surface area contributed by atoms with E-state index < -0.39 is 0 Å². The molecule has 0 aromatic heterocycles. The van der Waals surface area contributed by atoms with Crippen molar-refractivity contribution in [3.8, 4) is 5.75 Å². The molecule has 4 heteroatoms. The molecule has 1 aromatic carbocycles. The maximum atomic E-state index is 10.8. The van der Waals surface area contributed by atoms with Gasteiger partial charge in [-0.05, 0) is 18.2 Å². The number of amides is 1. The van der Waals surface area contributed by atoms with Gasteiger partial charge >= 0.3 is 0 Å². The molecule has 0 saturated heterocycles. The minimum Gasteiger partial charge on any atom is -0.497 e. The van der Waals surface area contributed by atoms with Gasteiger partial charge in [-0.1, -0.05) is 0 Å². The third-order valence-corrected chi connectivity index (χ3v) is 1.70. The Balaban J connectivity index is 3.04. The van der Waals surface area contributed by atoms with Crippen molar-refractivity contribution in [1.82, 2.24) is 0 Å². The quantitative estimate of drug-likeness (QED) is 0.739. The number of benzene rings is 1. The molecule has 1 N–H and O–H groups in total. The fourth-order valence-electron chi connectivity index (χ4n) is 1.07. The summed E-state index contributed by atoms with van der Waals surface area (Å²) in [7, 11) is 1.52. The van der Waals surface area contributed by atoms with E-state index in [2.05, 4.69) is 5.32 Å². The van der Waals surface area contributed by atoms with Crippen LogP contribution in [0.3, 0.4) is 0 Å². The number of anilines is 1. The maximum absolute atomic E-state index is 10.8. The van der Waals surface area contributed by atoms with E-state index in [0.29, 0.717) is 23.3 Å². The Morgan fingerprint density at radius 3 is 2.71 bits per heavy atom. The average molecular weight is 193 g/mol. The van der Waals surface area contributed by atoms with Crippen molar-refractivity contribution in [1.29, 1.82) is 0 Å². The lowest BCUT2D eigenvalue weighted by Crippen LogP contribution is -2.07. The van der Waals surface area contributed by atoms with Crippen LogP contribution in [-0.4, -0.2) is 19.3 Å². The van der Waals surface area contributed by atoms with Crippen LogP contribution in [0, 0.1) is 0 Å². The molecule has 0 unspecified atom stereocenters. The topological polar surface area (TPSA) is 55.4 Å². The van der Waals surface area contributed by atoms with E-state index in [1.807, 2.05) is 0 Å². The number of aldehydes is 1. The number of nitrogens with one attached hydrogen (secondary N) is 1. The molecule has 0 bridgehead atoms. The van der Waals surface area contributed by atoms with Gasteiger partial charge in [-0.2, -0.15) is 0 Å². The Hall–Kier alpha value is -1.84. The first-order valence-corrected chi connectivity index (χ1v) is 4.08. The number of carbonyl (C=O) groups is 2. The highest BCUT2D eigenvalue weighted by molar-refractivity contribution is 5.95. The third-order valence-electron chi connectivity index (χ3n) is 1.70. The summed E-state index contributed by atoms with van der Waals surface area (Å²) in [6, 6.07) is 4.88. The van der Waals surface area contributed by atoms with Crippen LogP contribution in [0.5, 0.6) is 5.75 Å². The zero-order valence-corrected chi connectivity index (χ0v) is 8.03. The second-order valence-corrected chi connectivity index (χ2v) is 2.75. The molecule has 14 heavy (non-hydrogen) atoms. The summed E-state index contributed by atoms with van der Waals surface area (Å²) in [5, 5.41) is 2.55. The van der Waals surface area contributed by atoms with Crippen molar-refractivity contribution in [3.05, 3.63) is 23.8 Å². The largest absolute Gasteiger partial charge is 0.497 e. The van der Waals surface area contributed by atoms with Gasteiger partial charge in [0.05, 0.1) is 12.8 Å². The summed E-state index contributed by atoms with van der Waals surface area (Å²) < 4.78 is 4.95. The van der Waals surface area contributed by atoms with Gasteiger partial charge in [-0.3, -0.25) is 9.59 Å². The van der Waals surface area contributed by atoms with Gasteiger partial charge in [0.25, 0.3) is 0 Å². The van der Waals surface area contributed by atoms with Crippen LogP contribution in [-0.2, 0) is 4.79 Å². The van der Waals surface area contributed by atoms with Crippen LogP contribution in [0.15, 0.2) is 18.2 Å². The Morgan fingerprint density at radius 1 is 1.50 bits per heavy atom. The highest BCUT2D eigenvalue weighted by atomic mass is 16.5. The molecule has 74 valence electrons. The van der Waals surface area contributed by atoms with Crippen LogP contribution >= 0.6 is 0 Å². The zero-order chi connectivity index (χ0) is 10.6. The van der Waals surface area contributed by atoms with Crippen molar-refractivity contribution in [3.63, 3.8) is 0 Å². The highest BCUT2D eigenvalue weighted by Crippen LogP contribution is 2.20. The molecule has 4 nitrogen and oxygen atoms in total. The minimum atomic E-state index is -0.210. The first kappa shape index (κ1) is 10.2. The number of carbonyl (C=O) groups excluding carboxylic acids is 2. The fourth-order valence-corrected chi connectivity index (χ4v) is 1.07. The first-order valence-electron chi connectivity index (χ1n) is 4.08. The van der Waals surface area contributed by atoms with Crippen molar-refractivity contribution in [2.24, 2.45) is 0 Å². The SMILES string of the molecule is COc1ccc(NC(C)=O)c(C=O)c1. The smallest absolute Gasteiger partial charge is 0.221 e. The van der Waals surface area contributed by atoms with Gasteiger partial charge < -0.3 is 10.1 Å². The molecule has 0 heterocycles. The molecule has 0 radical (unpaired) electrons. The highest BCUT2D eigenvalue weighted by Gasteiger charge is 2.04. The third kappa shape index (κ3) is 2.32. The van der Waals surface area contributed by atoms with E-state index in [-0.39, 0.29) is 5.91 Å². The molecule has 1 amide bonds. The molecule has 0 aliphatic rings. The molecule has 0 aliphatic carbocycles. The van der Waals surface area contributed by atoms with E-state index in [0.717, 1.165) is 0 Å². The minimum absolute atomic E-state index is 0.210. The monoisotopic (exact) mass is 193 g/mol. The normalized spacial score (nSPS) is 9.29. The predicted molar refractivity (Wildman–Crippen MR) is 52.7 cm³/mol. The van der Waals surface area contributed by atoms with Gasteiger partial charge in [0.15, 0.2) is 6.29 Å². The van der Waals surface area contributed by atoms with Gasteiger partial charge in [0.1, 0.15) is 5.75 Å². The fraction of sp³-hybridized carbons (Fsp3) is 0.200. The molecular formula is C10H11NO3. The molecule has 0 saturated carbocycles. The molecule has 0 aliphatic heterocycles. The summed E-state index contributed by atoms with van der Waals surface area (Å²) in [5.41, 5.74) is 0.896. The Labute approximate surface area is 81.9 Å². The lowest BCUT2D eigenvalue weighted by molar-refractivity contribution is -0.114. The summed E-state index contributed by atoms with van der Waals surface area (Å²) in [6.07, 6.45) is 0.674. The molecular weight excluding hydrogens is 182 g/mol. The molecule has 1 aromatic rings. The number of methoxy groups -OCH3 is 1. The number of rotatable bonds is 3. The van der Waals surface area contributed by atoms with Crippen molar-refractivity contribution in [2.75, 3.05) is 12.4 Å². The molecule has 0 fully saturated rings. The summed E-state index contributed by atoms with van der Waals surface area (Å²) in [6.45, 7) is 1.39. The predicted octanol–water partition coefficient (Wildman–Crippen LogP) is 1.47. The number of hydrogen-bond acceptors (Lipinski definition) is 3. The molecule has 0 spiro atoms. The van der Waals surface area contributed by atoms with Gasteiger partial charge in [0, 0.05) is 12.5 Å². The van der Waals surface area contributed by atoms with Crippen LogP contribution in [0.2, 0.25) is 0 Å². The summed E-state index contributed by atoms with van der Waals surface area (Å²) in [5.74, 6) is 0.375. The summed E-state index contributed by atoms with van der Waals surface area (Å²) >= 11 is 0. The van der Waals surface area contributed by atoms with Crippen molar-refractivity contribution in [2.45, 2.75) is 6.92 Å². The lowest BCUT2D eigenvalue weighted by Gasteiger charge is -2.06. The molecule has 1 rings (SSSR count). The van der Waals surface area contributed by atoms with Crippen LogP contribution < -0.4 is 10.1 Å². The number of hydrogen-bond donors (Lipinski definition) is 1. The van der Waals surface area contributed by atoms with E-state index in [1.54, 1.807) is 18.2 Å². The van der Waals surface area contributed by atoms with Crippen LogP contribution in [0.25, 0.3) is 0 Å². The van der Waals surface area contributed by atoms with Crippen molar-refractivity contribution >= 4 is 17.9 Å². The Bertz CT molecular complexity index is 360. The maximum Gasteiger partial charge on any atom is 0.221 e. The van der Waals surface area contributed by atoms with Gasteiger partial charge in [-0.15, -0.1) is 0 Å². The van der Waals surface area contributed by atoms with Gasteiger partial charge in [0.2, 0.25) is 5.91 Å². The lowest BCUT2D eigenvalue weighted by atomic mass is 10.2. The Kier molecular flexibility index (Phi) is 3.23. The Morgan fingerprint density at radius 2 is 2.21 bits per heavy atom. The standard InChI is InChI=1S/C10H11NO3/c1-7(13)11-10-4-3-9(14-2)5-8(10)6-12/h3-6H,1-2H3,(H,11,13). The second-order valence-electron chi connectivity index (χ2n) is 2.75. The van der Waals surface area contributed by atoms with Crippen molar-refractivity contribution < 1.29 is 14.3 Å². The zero-order valence-electron chi connectivity index (χ0n) is 8.03. The molecule has 0 atom stereocenters. The first-order chi connectivity index (χ1) is 6.67. The van der Waals surface area contributed by atoms with E-state index in [1.165, 1.54) is 14.0 Å². The van der Waals surface area contributed by atoms with E-state index >= 15 is 0 Å². The second kappa shape index (κ2) is 4.41. The van der Waals surface area contributed by atoms with Gasteiger partial charge in [-0.25, -0.2) is 0 Å². The number of ether oxygens (including phenoxy) is 1. The average Bonchev–Trinajstić information content (AvgIpc) is 2.17. The van der Waals surface area contributed by atoms with E-state index in [4.69, 9.17) is 4.74 Å². The summed E-state index contributed by atoms with van der Waals surface area (Å²) in [4.78, 5) is 21.4. The van der Waals surface area contributed by atoms with E-state index in [9.17, 15) is 9.59 Å². The van der Waals surface area contributed by atoms with Crippen LogP contribution in [0.4, 0.5) is 5.69 Å².